The topological polar surface area (TPSA) is 40.5 Å². The molecule has 2 aromatic carbocycles. The molecule has 0 aliphatic carbocycles. The van der Waals surface area contributed by atoms with E-state index in [0.717, 1.165) is 17.2 Å². The van der Waals surface area contributed by atoms with Gasteiger partial charge in [-0.1, -0.05) is 24.3 Å². The van der Waals surface area contributed by atoms with Gasteiger partial charge in [0, 0.05) is 19.2 Å². The van der Waals surface area contributed by atoms with Crippen LogP contribution in [0.2, 0.25) is 0 Å². The fraction of sp³-hybridized carbons (Fsp3) is 0.133. The van der Waals surface area contributed by atoms with Crippen molar-refractivity contribution in [2.45, 2.75) is 13.1 Å². The highest BCUT2D eigenvalue weighted by atomic mass is 19.1. The Kier molecular flexibility index (Phi) is 2.71. The number of carbonyl (C=O) groups is 1. The summed E-state index contributed by atoms with van der Waals surface area (Å²) in [4.78, 5) is 13.8. The van der Waals surface area contributed by atoms with Crippen molar-refractivity contribution in [1.82, 2.24) is 4.90 Å². The lowest BCUT2D eigenvalue weighted by Crippen LogP contribution is -2.26. The van der Waals surface area contributed by atoms with Crippen molar-refractivity contribution in [2.75, 3.05) is 0 Å². The average molecular weight is 257 g/mol. The van der Waals surface area contributed by atoms with Crippen LogP contribution in [0.25, 0.3) is 0 Å². The monoisotopic (exact) mass is 257 g/mol. The van der Waals surface area contributed by atoms with Crippen LogP contribution in [0.4, 0.5) is 4.39 Å². The van der Waals surface area contributed by atoms with Crippen LogP contribution in [0, 0.1) is 5.82 Å². The Balaban J connectivity index is 1.87. The fourth-order valence-electron chi connectivity index (χ4n) is 2.32. The quantitative estimate of drug-likeness (QED) is 0.853. The zero-order chi connectivity index (χ0) is 13.4. The van der Waals surface area contributed by atoms with Crippen molar-refractivity contribution >= 4 is 5.91 Å². The number of halogens is 1. The maximum Gasteiger partial charge on any atom is 0.257 e. The van der Waals surface area contributed by atoms with Crippen LogP contribution in [-0.2, 0) is 13.1 Å². The molecule has 0 bridgehead atoms. The Morgan fingerprint density at radius 2 is 1.74 bits per heavy atom. The zero-order valence-corrected chi connectivity index (χ0v) is 10.1. The summed E-state index contributed by atoms with van der Waals surface area (Å²) in [5.41, 5.74) is 2.18. The lowest BCUT2D eigenvalue weighted by molar-refractivity contribution is 0.0746. The van der Waals surface area contributed by atoms with Crippen LogP contribution in [0.5, 0.6) is 5.75 Å². The molecule has 0 radical (unpaired) electrons. The van der Waals surface area contributed by atoms with Crippen molar-refractivity contribution < 1.29 is 14.3 Å². The number of phenols is 1. The first-order valence-electron chi connectivity index (χ1n) is 6.00. The number of aromatic hydroxyl groups is 1. The van der Waals surface area contributed by atoms with E-state index >= 15 is 0 Å². The molecule has 1 heterocycles. The summed E-state index contributed by atoms with van der Waals surface area (Å²) in [7, 11) is 0. The average Bonchev–Trinajstić information content (AvgIpc) is 2.81. The molecule has 0 spiro atoms. The molecule has 19 heavy (non-hydrogen) atoms. The second-order valence-electron chi connectivity index (χ2n) is 4.59. The van der Waals surface area contributed by atoms with Gasteiger partial charge in [-0.3, -0.25) is 4.79 Å². The highest BCUT2D eigenvalue weighted by Crippen LogP contribution is 2.25. The molecule has 0 saturated heterocycles. The smallest absolute Gasteiger partial charge is 0.257 e. The molecular weight excluding hydrogens is 245 g/mol. The normalized spacial score (nSPS) is 13.4. The number of fused-ring (bicyclic) bond motifs is 1. The van der Waals surface area contributed by atoms with Gasteiger partial charge in [0.2, 0.25) is 0 Å². The van der Waals surface area contributed by atoms with E-state index in [4.69, 9.17) is 5.11 Å². The molecule has 4 heteroatoms. The lowest BCUT2D eigenvalue weighted by atomic mass is 10.1. The van der Waals surface area contributed by atoms with Gasteiger partial charge in [-0.25, -0.2) is 4.39 Å². The number of amides is 1. The standard InChI is InChI=1S/C15H12FNO2/c16-14-7-12(18)5-6-13(14)15(19)17-8-10-3-1-2-4-11(10)9-17/h1-7,18H,8-9H2. The van der Waals surface area contributed by atoms with Crippen molar-refractivity contribution in [2.24, 2.45) is 0 Å². The summed E-state index contributed by atoms with van der Waals surface area (Å²) < 4.78 is 13.7. The van der Waals surface area contributed by atoms with Crippen LogP contribution < -0.4 is 0 Å². The van der Waals surface area contributed by atoms with Crippen LogP contribution in [0.15, 0.2) is 42.5 Å². The van der Waals surface area contributed by atoms with Crippen LogP contribution in [-0.4, -0.2) is 15.9 Å². The molecule has 0 fully saturated rings. The van der Waals surface area contributed by atoms with E-state index in [9.17, 15) is 9.18 Å². The van der Waals surface area contributed by atoms with E-state index in [2.05, 4.69) is 0 Å². The van der Waals surface area contributed by atoms with Gasteiger partial charge >= 0.3 is 0 Å². The highest BCUT2D eigenvalue weighted by molar-refractivity contribution is 5.95. The predicted molar refractivity (Wildman–Crippen MR) is 68.1 cm³/mol. The largest absolute Gasteiger partial charge is 0.508 e. The Morgan fingerprint density at radius 1 is 1.11 bits per heavy atom. The molecule has 3 rings (SSSR count). The zero-order valence-electron chi connectivity index (χ0n) is 10.1. The molecule has 0 atom stereocenters. The van der Waals surface area contributed by atoms with Gasteiger partial charge in [0.05, 0.1) is 5.56 Å². The molecule has 0 aromatic heterocycles. The third-order valence-corrected chi connectivity index (χ3v) is 3.31. The van der Waals surface area contributed by atoms with Gasteiger partial charge in [0.25, 0.3) is 5.91 Å². The highest BCUT2D eigenvalue weighted by Gasteiger charge is 2.25. The molecule has 0 unspecified atom stereocenters. The van der Waals surface area contributed by atoms with Crippen LogP contribution in [0.3, 0.4) is 0 Å². The summed E-state index contributed by atoms with van der Waals surface area (Å²) in [6.07, 6.45) is 0. The van der Waals surface area contributed by atoms with Crippen molar-refractivity contribution in [1.29, 1.82) is 0 Å². The minimum atomic E-state index is -0.694. The van der Waals surface area contributed by atoms with Crippen molar-refractivity contribution in [3.8, 4) is 5.75 Å². The number of carbonyl (C=O) groups excluding carboxylic acids is 1. The number of nitrogens with zero attached hydrogens (tertiary/aromatic N) is 1. The molecule has 1 aliphatic heterocycles. The Bertz CT molecular complexity index is 629. The SMILES string of the molecule is O=C(c1ccc(O)cc1F)N1Cc2ccccc2C1. The molecule has 0 saturated carbocycles. The molecule has 1 amide bonds. The van der Waals surface area contributed by atoms with Gasteiger partial charge in [-0.2, -0.15) is 0 Å². The minimum absolute atomic E-state index is 0.00870. The first kappa shape index (κ1) is 11.7. The van der Waals surface area contributed by atoms with Crippen molar-refractivity contribution in [3.63, 3.8) is 0 Å². The molecule has 1 N–H and O–H groups in total. The third kappa shape index (κ3) is 2.05. The number of hydrogen-bond donors (Lipinski definition) is 1. The van der Waals surface area contributed by atoms with Crippen LogP contribution in [0.1, 0.15) is 21.5 Å². The summed E-state index contributed by atoms with van der Waals surface area (Å²) in [5, 5.41) is 9.16. The molecule has 3 nitrogen and oxygen atoms in total. The second-order valence-corrected chi connectivity index (χ2v) is 4.59. The Morgan fingerprint density at radius 3 is 2.32 bits per heavy atom. The number of phenolic OH excluding ortho intramolecular Hbond substituents is 1. The first-order valence-corrected chi connectivity index (χ1v) is 6.00. The van der Waals surface area contributed by atoms with Gasteiger partial charge in [0.15, 0.2) is 0 Å². The third-order valence-electron chi connectivity index (χ3n) is 3.31. The van der Waals surface area contributed by atoms with Gasteiger partial charge in [0.1, 0.15) is 11.6 Å². The number of rotatable bonds is 1. The lowest BCUT2D eigenvalue weighted by Gasteiger charge is -2.15. The predicted octanol–water partition coefficient (Wildman–Crippen LogP) is 2.69. The van der Waals surface area contributed by atoms with Gasteiger partial charge in [-0.05, 0) is 23.3 Å². The summed E-state index contributed by atoms with van der Waals surface area (Å²) in [6.45, 7) is 0.991. The van der Waals surface area contributed by atoms with Gasteiger partial charge in [-0.15, -0.1) is 0 Å². The second kappa shape index (κ2) is 4.39. The fourth-order valence-corrected chi connectivity index (χ4v) is 2.32. The Labute approximate surface area is 109 Å². The minimum Gasteiger partial charge on any atom is -0.508 e. The van der Waals surface area contributed by atoms with E-state index in [1.807, 2.05) is 24.3 Å². The maximum atomic E-state index is 13.7. The van der Waals surface area contributed by atoms with E-state index in [1.165, 1.54) is 12.1 Å². The van der Waals surface area contributed by atoms with E-state index in [1.54, 1.807) is 4.90 Å². The first-order chi connectivity index (χ1) is 9.15. The summed E-state index contributed by atoms with van der Waals surface area (Å²) >= 11 is 0. The van der Waals surface area contributed by atoms with E-state index in [0.29, 0.717) is 13.1 Å². The number of hydrogen-bond acceptors (Lipinski definition) is 2. The maximum absolute atomic E-state index is 13.7. The van der Waals surface area contributed by atoms with E-state index in [-0.39, 0.29) is 17.2 Å². The molecule has 96 valence electrons. The van der Waals surface area contributed by atoms with Crippen LogP contribution >= 0.6 is 0 Å². The molecule has 1 aliphatic rings. The van der Waals surface area contributed by atoms with Gasteiger partial charge < -0.3 is 10.0 Å². The summed E-state index contributed by atoms with van der Waals surface area (Å²) in [6, 6.07) is 11.4. The van der Waals surface area contributed by atoms with Crippen molar-refractivity contribution in [3.05, 3.63) is 65.0 Å². The van der Waals surface area contributed by atoms with E-state index < -0.39 is 5.82 Å². The number of benzene rings is 2. The molecule has 2 aromatic rings. The Hall–Kier alpha value is -2.36. The molecular formula is C15H12FNO2. The summed E-state index contributed by atoms with van der Waals surface area (Å²) in [5.74, 6) is -1.23.